The van der Waals surface area contributed by atoms with E-state index in [1.165, 1.54) is 12.1 Å². The topological polar surface area (TPSA) is 112 Å². The van der Waals surface area contributed by atoms with E-state index in [0.29, 0.717) is 27.9 Å². The van der Waals surface area contributed by atoms with Gasteiger partial charge in [0.05, 0.1) is 21.9 Å². The zero-order valence-electron chi connectivity index (χ0n) is 17.8. The van der Waals surface area contributed by atoms with Gasteiger partial charge in [0.2, 0.25) is 10.0 Å². The van der Waals surface area contributed by atoms with Crippen LogP contribution in [0.25, 0.3) is 10.9 Å². The normalized spacial score (nSPS) is 12.6. The van der Waals surface area contributed by atoms with Gasteiger partial charge in [0.15, 0.2) is 5.88 Å². The van der Waals surface area contributed by atoms with E-state index in [4.69, 9.17) is 10.1 Å². The average Bonchev–Trinajstić information content (AvgIpc) is 3.07. The lowest BCUT2D eigenvalue weighted by Crippen LogP contribution is -2.12. The summed E-state index contributed by atoms with van der Waals surface area (Å²) in [5.41, 5.74) is 4.15. The van der Waals surface area contributed by atoms with Crippen LogP contribution in [0.5, 0.6) is 5.88 Å². The van der Waals surface area contributed by atoms with Crippen molar-refractivity contribution in [3.8, 4) is 5.88 Å². The third-order valence-corrected chi connectivity index (χ3v) is 5.95. The number of nitrogens with one attached hydrogen (secondary N) is 1. The lowest BCUT2D eigenvalue weighted by Gasteiger charge is -2.10. The number of nitrogens with zero attached hydrogens (tertiary/aromatic N) is 2. The van der Waals surface area contributed by atoms with Crippen LogP contribution in [-0.4, -0.2) is 43.2 Å². The molecule has 0 amide bonds. The Morgan fingerprint density at radius 2 is 1.72 bits per heavy atom. The number of aromatic nitrogens is 1. The molecular formula is C24H24N4O3S. The Balaban J connectivity index is 1.91. The summed E-state index contributed by atoms with van der Waals surface area (Å²) in [4.78, 5) is 9.79. The van der Waals surface area contributed by atoms with Crippen LogP contribution in [0.4, 0.5) is 5.69 Å². The lowest BCUT2D eigenvalue weighted by molar-refractivity contribution is 0.402. The Morgan fingerprint density at radius 1 is 1.03 bits per heavy atom. The molecule has 164 valence electrons. The predicted molar refractivity (Wildman–Crippen MR) is 127 cm³/mol. The number of rotatable bonds is 6. The number of hydrogen-bond donors (Lipinski definition) is 3. The van der Waals surface area contributed by atoms with E-state index < -0.39 is 10.0 Å². The largest absolute Gasteiger partial charge is 0.494 e. The van der Waals surface area contributed by atoms with Crippen LogP contribution in [0.1, 0.15) is 16.7 Å². The Hall–Kier alpha value is -3.46. The summed E-state index contributed by atoms with van der Waals surface area (Å²) in [5.74, 6) is -0.0987. The third-order valence-electron chi connectivity index (χ3n) is 5.04. The molecule has 3 aromatic carbocycles. The first kappa shape index (κ1) is 21.8. The highest BCUT2D eigenvalue weighted by atomic mass is 32.2. The predicted octanol–water partition coefficient (Wildman–Crippen LogP) is 3.75. The van der Waals surface area contributed by atoms with Crippen molar-refractivity contribution in [1.29, 1.82) is 0 Å². The van der Waals surface area contributed by atoms with Gasteiger partial charge in [-0.3, -0.25) is 0 Å². The maximum Gasteiger partial charge on any atom is 0.238 e. The van der Waals surface area contributed by atoms with Crippen molar-refractivity contribution in [2.45, 2.75) is 11.4 Å². The van der Waals surface area contributed by atoms with Gasteiger partial charge in [-0.15, -0.1) is 0 Å². The van der Waals surface area contributed by atoms with Gasteiger partial charge in [-0.25, -0.2) is 18.5 Å². The summed E-state index contributed by atoms with van der Waals surface area (Å²) < 4.78 is 23.8. The minimum absolute atomic E-state index is 0.0364. The Kier molecular flexibility index (Phi) is 5.84. The van der Waals surface area contributed by atoms with Crippen LogP contribution in [0.3, 0.4) is 0 Å². The molecule has 7 nitrogen and oxygen atoms in total. The molecule has 0 aliphatic rings. The Labute approximate surface area is 186 Å². The van der Waals surface area contributed by atoms with Gasteiger partial charge < -0.3 is 15.0 Å². The van der Waals surface area contributed by atoms with Crippen molar-refractivity contribution in [2.24, 2.45) is 10.1 Å². The first-order valence-corrected chi connectivity index (χ1v) is 11.5. The van der Waals surface area contributed by atoms with Crippen molar-refractivity contribution in [1.82, 2.24) is 9.88 Å². The molecule has 1 heterocycles. The Morgan fingerprint density at radius 3 is 2.34 bits per heavy atom. The molecule has 0 saturated heterocycles. The fourth-order valence-electron chi connectivity index (χ4n) is 3.60. The van der Waals surface area contributed by atoms with E-state index in [1.807, 2.05) is 68.7 Å². The van der Waals surface area contributed by atoms with E-state index >= 15 is 0 Å². The number of nitrogens with two attached hydrogens (primary N) is 1. The van der Waals surface area contributed by atoms with Gasteiger partial charge in [-0.1, -0.05) is 42.5 Å². The van der Waals surface area contributed by atoms with Gasteiger partial charge in [0.25, 0.3) is 0 Å². The summed E-state index contributed by atoms with van der Waals surface area (Å²) >= 11 is 0. The monoisotopic (exact) mass is 448 g/mol. The zero-order chi connectivity index (χ0) is 22.9. The molecule has 4 aromatic rings. The molecule has 4 rings (SSSR count). The van der Waals surface area contributed by atoms with E-state index in [0.717, 1.165) is 17.7 Å². The lowest BCUT2D eigenvalue weighted by atomic mass is 10.0. The molecule has 1 aromatic heterocycles. The second kappa shape index (κ2) is 8.58. The molecular weight excluding hydrogens is 424 g/mol. The number of benzene rings is 3. The van der Waals surface area contributed by atoms with E-state index in [-0.39, 0.29) is 10.8 Å². The first-order valence-electron chi connectivity index (χ1n) is 9.98. The van der Waals surface area contributed by atoms with Crippen LogP contribution < -0.4 is 5.14 Å². The summed E-state index contributed by atoms with van der Waals surface area (Å²) in [6.45, 7) is 0.815. The Bertz CT molecular complexity index is 1390. The highest BCUT2D eigenvalue weighted by molar-refractivity contribution is 7.89. The minimum Gasteiger partial charge on any atom is -0.494 e. The summed E-state index contributed by atoms with van der Waals surface area (Å²) in [6, 6.07) is 21.7. The number of aromatic amines is 1. The summed E-state index contributed by atoms with van der Waals surface area (Å²) in [5, 5.41) is 16.6. The number of aromatic hydroxyl groups is 1. The number of sulfonamides is 1. The van der Waals surface area contributed by atoms with Crippen LogP contribution in [0, 0.1) is 0 Å². The highest BCUT2D eigenvalue weighted by Crippen LogP contribution is 2.32. The minimum atomic E-state index is -3.91. The van der Waals surface area contributed by atoms with Crippen LogP contribution in [0.15, 0.2) is 82.7 Å². The molecule has 8 heteroatoms. The van der Waals surface area contributed by atoms with Crippen LogP contribution >= 0.6 is 0 Å². The molecule has 0 unspecified atom stereocenters. The first-order chi connectivity index (χ1) is 15.2. The molecule has 0 atom stereocenters. The van der Waals surface area contributed by atoms with Crippen LogP contribution in [0.2, 0.25) is 0 Å². The molecule has 0 saturated carbocycles. The highest BCUT2D eigenvalue weighted by Gasteiger charge is 2.20. The standard InChI is InChI=1S/C24H24N4O3S/c1-28(2)15-16-8-10-18(11-9-16)26-23(17-6-4-3-5-7-17)22-20-14-19(32(25,30)31)12-13-21(20)27-24(22)29/h3-14,27,29H,15H2,1-2H3,(H2,25,30,31). The number of H-pyrrole nitrogens is 1. The van der Waals surface area contributed by atoms with Gasteiger partial charge >= 0.3 is 0 Å². The number of primary sulfonamides is 1. The van der Waals surface area contributed by atoms with Gasteiger partial charge in [0.1, 0.15) is 0 Å². The smallest absolute Gasteiger partial charge is 0.238 e. The zero-order valence-corrected chi connectivity index (χ0v) is 18.6. The average molecular weight is 449 g/mol. The number of fused-ring (bicyclic) bond motifs is 1. The molecule has 4 N–H and O–H groups in total. The maximum atomic E-state index is 11.9. The summed E-state index contributed by atoms with van der Waals surface area (Å²) in [6.07, 6.45) is 0. The SMILES string of the molecule is CN(C)Cc1ccc(N=C(c2ccccc2)c2c(O)[nH]c3ccc(S(N)(=O)=O)cc23)cc1. The second-order valence-electron chi connectivity index (χ2n) is 7.83. The maximum absolute atomic E-state index is 11.9. The van der Waals surface area contributed by atoms with Gasteiger partial charge in [0, 0.05) is 23.0 Å². The third kappa shape index (κ3) is 4.57. The van der Waals surface area contributed by atoms with Gasteiger partial charge in [-0.2, -0.15) is 0 Å². The molecule has 0 bridgehead atoms. The van der Waals surface area contributed by atoms with E-state index in [2.05, 4.69) is 9.88 Å². The molecule has 0 radical (unpaired) electrons. The fraction of sp³-hybridized carbons (Fsp3) is 0.125. The quantitative estimate of drug-likeness (QED) is 0.390. The molecule has 0 fully saturated rings. The van der Waals surface area contributed by atoms with E-state index in [1.54, 1.807) is 6.07 Å². The number of aliphatic imine (C=N–C) groups is 1. The molecule has 0 aliphatic heterocycles. The van der Waals surface area contributed by atoms with Crippen molar-refractivity contribution in [2.75, 3.05) is 14.1 Å². The van der Waals surface area contributed by atoms with Crippen molar-refractivity contribution in [3.05, 3.63) is 89.5 Å². The number of hydrogen-bond acceptors (Lipinski definition) is 5. The van der Waals surface area contributed by atoms with Crippen molar-refractivity contribution < 1.29 is 13.5 Å². The summed E-state index contributed by atoms with van der Waals surface area (Å²) in [7, 11) is 0.113. The molecule has 32 heavy (non-hydrogen) atoms. The molecule has 0 aliphatic carbocycles. The van der Waals surface area contributed by atoms with Crippen molar-refractivity contribution in [3.63, 3.8) is 0 Å². The molecule has 0 spiro atoms. The van der Waals surface area contributed by atoms with Crippen molar-refractivity contribution >= 4 is 32.3 Å². The van der Waals surface area contributed by atoms with Gasteiger partial charge in [-0.05, 0) is 50.0 Å². The van der Waals surface area contributed by atoms with E-state index in [9.17, 15) is 13.5 Å². The van der Waals surface area contributed by atoms with Crippen LogP contribution in [-0.2, 0) is 16.6 Å². The fourth-order valence-corrected chi connectivity index (χ4v) is 4.14. The second-order valence-corrected chi connectivity index (χ2v) is 9.39.